The van der Waals surface area contributed by atoms with E-state index in [9.17, 15) is 9.59 Å². The highest BCUT2D eigenvalue weighted by Crippen LogP contribution is 2.29. The van der Waals surface area contributed by atoms with E-state index in [1.165, 1.54) is 7.11 Å². The van der Waals surface area contributed by atoms with E-state index in [1.807, 2.05) is 97.1 Å². The molecule has 0 N–H and O–H groups in total. The van der Waals surface area contributed by atoms with Crippen molar-refractivity contribution in [1.29, 1.82) is 0 Å². The number of nitrogens with zero attached hydrogens (tertiary/aromatic N) is 2. The third kappa shape index (κ3) is 6.96. The molecule has 0 aliphatic rings. The van der Waals surface area contributed by atoms with Gasteiger partial charge in [-0.1, -0.05) is 121 Å². The van der Waals surface area contributed by atoms with Crippen molar-refractivity contribution in [3.63, 3.8) is 0 Å². The first-order chi connectivity index (χ1) is 18.6. The van der Waals surface area contributed by atoms with E-state index in [4.69, 9.17) is 4.74 Å². The van der Waals surface area contributed by atoms with Gasteiger partial charge in [0.05, 0.1) is 7.11 Å². The number of rotatable bonds is 11. The monoisotopic (exact) mass is 506 g/mol. The second-order valence-electron chi connectivity index (χ2n) is 9.34. The van der Waals surface area contributed by atoms with Crippen molar-refractivity contribution in [1.82, 2.24) is 9.80 Å². The molecule has 0 spiro atoms. The highest BCUT2D eigenvalue weighted by molar-refractivity contribution is 5.88. The first-order valence-electron chi connectivity index (χ1n) is 12.9. The van der Waals surface area contributed by atoms with Crippen LogP contribution in [0, 0.1) is 0 Å². The number of hydrogen-bond acceptors (Lipinski definition) is 4. The summed E-state index contributed by atoms with van der Waals surface area (Å²) in [6, 6.07) is 38.5. The van der Waals surface area contributed by atoms with E-state index in [0.29, 0.717) is 19.6 Å². The third-order valence-electron chi connectivity index (χ3n) is 6.66. The molecule has 0 aromatic heterocycles. The number of benzene rings is 4. The standard InChI is InChI=1S/C33H34N2O3/c1-26(33(37)38-2)35(25-29-19-11-5-12-20-29)32(36)31(30-21-13-6-14-22-30)34(23-27-15-7-3-8-16-27)24-28-17-9-4-10-18-28/h3-22,26,31H,23-25H2,1-2H3/t26-,31?/m0/s1. The van der Waals surface area contributed by atoms with Crippen molar-refractivity contribution in [2.24, 2.45) is 0 Å². The zero-order valence-corrected chi connectivity index (χ0v) is 21.9. The number of methoxy groups -OCH3 is 1. The van der Waals surface area contributed by atoms with Gasteiger partial charge >= 0.3 is 5.97 Å². The first-order valence-corrected chi connectivity index (χ1v) is 12.9. The van der Waals surface area contributed by atoms with Crippen LogP contribution in [0.4, 0.5) is 0 Å². The molecule has 0 aliphatic heterocycles. The Bertz CT molecular complexity index is 1240. The molecule has 194 valence electrons. The Labute approximate surface area is 225 Å². The average Bonchev–Trinajstić information content (AvgIpc) is 2.97. The second kappa shape index (κ2) is 13.4. The Morgan fingerprint density at radius 2 is 1.03 bits per heavy atom. The Balaban J connectivity index is 1.79. The Morgan fingerprint density at radius 3 is 1.45 bits per heavy atom. The van der Waals surface area contributed by atoms with Gasteiger partial charge in [-0.15, -0.1) is 0 Å². The molecule has 4 rings (SSSR count). The van der Waals surface area contributed by atoms with Gasteiger partial charge in [0.25, 0.3) is 0 Å². The third-order valence-corrected chi connectivity index (χ3v) is 6.66. The van der Waals surface area contributed by atoms with Crippen LogP contribution in [-0.4, -0.2) is 34.8 Å². The number of ether oxygens (including phenoxy) is 1. The van der Waals surface area contributed by atoms with E-state index in [0.717, 1.165) is 22.3 Å². The van der Waals surface area contributed by atoms with Crippen molar-refractivity contribution in [2.75, 3.05) is 7.11 Å². The minimum Gasteiger partial charge on any atom is -0.467 e. The largest absolute Gasteiger partial charge is 0.467 e. The van der Waals surface area contributed by atoms with Gasteiger partial charge in [0.15, 0.2) is 0 Å². The highest BCUT2D eigenvalue weighted by atomic mass is 16.5. The molecule has 0 saturated heterocycles. The smallest absolute Gasteiger partial charge is 0.328 e. The van der Waals surface area contributed by atoms with Crippen molar-refractivity contribution in [3.05, 3.63) is 144 Å². The zero-order chi connectivity index (χ0) is 26.7. The fraction of sp³-hybridized carbons (Fsp3) is 0.212. The number of hydrogen-bond donors (Lipinski definition) is 0. The maximum absolute atomic E-state index is 14.6. The molecule has 2 atom stereocenters. The van der Waals surface area contributed by atoms with Gasteiger partial charge in [-0.25, -0.2) is 4.79 Å². The van der Waals surface area contributed by atoms with E-state index in [2.05, 4.69) is 29.2 Å². The van der Waals surface area contributed by atoms with Crippen molar-refractivity contribution in [3.8, 4) is 0 Å². The van der Waals surface area contributed by atoms with Gasteiger partial charge < -0.3 is 9.64 Å². The van der Waals surface area contributed by atoms with Gasteiger partial charge in [-0.2, -0.15) is 0 Å². The lowest BCUT2D eigenvalue weighted by Gasteiger charge is -2.37. The summed E-state index contributed by atoms with van der Waals surface area (Å²) in [6.07, 6.45) is 0. The van der Waals surface area contributed by atoms with Crippen molar-refractivity contribution >= 4 is 11.9 Å². The predicted molar refractivity (Wildman–Crippen MR) is 150 cm³/mol. The zero-order valence-electron chi connectivity index (χ0n) is 21.9. The second-order valence-corrected chi connectivity index (χ2v) is 9.34. The van der Waals surface area contributed by atoms with Crippen LogP contribution in [0.5, 0.6) is 0 Å². The number of amides is 1. The fourth-order valence-electron chi connectivity index (χ4n) is 4.66. The number of carbonyl (C=O) groups is 2. The van der Waals surface area contributed by atoms with Gasteiger partial charge in [-0.3, -0.25) is 9.69 Å². The molecule has 0 saturated carbocycles. The van der Waals surface area contributed by atoms with Crippen LogP contribution in [0.3, 0.4) is 0 Å². The van der Waals surface area contributed by atoms with Crippen LogP contribution in [0.25, 0.3) is 0 Å². The summed E-state index contributed by atoms with van der Waals surface area (Å²) < 4.78 is 5.07. The fourth-order valence-corrected chi connectivity index (χ4v) is 4.66. The maximum Gasteiger partial charge on any atom is 0.328 e. The summed E-state index contributed by atoms with van der Waals surface area (Å²) in [4.78, 5) is 31.2. The molecular formula is C33H34N2O3. The predicted octanol–water partition coefficient (Wildman–Crippen LogP) is 6.02. The summed E-state index contributed by atoms with van der Waals surface area (Å²) in [5.41, 5.74) is 4.03. The highest BCUT2D eigenvalue weighted by Gasteiger charge is 2.36. The van der Waals surface area contributed by atoms with Crippen molar-refractivity contribution in [2.45, 2.75) is 38.6 Å². The van der Waals surface area contributed by atoms with Gasteiger partial charge in [0.1, 0.15) is 12.1 Å². The van der Waals surface area contributed by atoms with Gasteiger partial charge in [-0.05, 0) is 29.2 Å². The lowest BCUT2D eigenvalue weighted by atomic mass is 10.00. The molecule has 0 fully saturated rings. The molecule has 5 nitrogen and oxygen atoms in total. The lowest BCUT2D eigenvalue weighted by Crippen LogP contribution is -2.49. The van der Waals surface area contributed by atoms with Crippen molar-refractivity contribution < 1.29 is 14.3 Å². The topological polar surface area (TPSA) is 49.9 Å². The van der Waals surface area contributed by atoms with Crippen LogP contribution in [0.1, 0.15) is 35.2 Å². The molecule has 4 aromatic carbocycles. The van der Waals surface area contributed by atoms with Crippen LogP contribution >= 0.6 is 0 Å². The van der Waals surface area contributed by atoms with Crippen LogP contribution in [0.2, 0.25) is 0 Å². The van der Waals surface area contributed by atoms with Gasteiger partial charge in [0, 0.05) is 19.6 Å². The molecule has 0 bridgehead atoms. The summed E-state index contributed by atoms with van der Waals surface area (Å²) in [7, 11) is 1.36. The van der Waals surface area contributed by atoms with Crippen LogP contribution in [-0.2, 0) is 34.0 Å². The molecular weight excluding hydrogens is 472 g/mol. The van der Waals surface area contributed by atoms with E-state index < -0.39 is 18.1 Å². The van der Waals surface area contributed by atoms with Gasteiger partial charge in [0.2, 0.25) is 5.91 Å². The number of carbonyl (C=O) groups excluding carboxylic acids is 2. The minimum absolute atomic E-state index is 0.148. The normalized spacial score (nSPS) is 12.5. The summed E-state index contributed by atoms with van der Waals surface area (Å²) >= 11 is 0. The Hall–Kier alpha value is -4.22. The summed E-state index contributed by atoms with van der Waals surface area (Å²) in [5, 5.41) is 0. The molecule has 0 aliphatic carbocycles. The SMILES string of the molecule is COC(=O)[C@H](C)N(Cc1ccccc1)C(=O)C(c1ccccc1)N(Cc1ccccc1)Cc1ccccc1. The quantitative estimate of drug-likeness (QED) is 0.234. The van der Waals surface area contributed by atoms with E-state index in [1.54, 1.807) is 11.8 Å². The maximum atomic E-state index is 14.6. The molecule has 1 amide bonds. The minimum atomic E-state index is -0.755. The molecule has 5 heteroatoms. The molecule has 1 unspecified atom stereocenters. The summed E-state index contributed by atoms with van der Waals surface area (Å²) in [5.74, 6) is -0.594. The Morgan fingerprint density at radius 1 is 0.632 bits per heavy atom. The lowest BCUT2D eigenvalue weighted by molar-refractivity contribution is -0.155. The van der Waals surface area contributed by atoms with E-state index in [-0.39, 0.29) is 5.91 Å². The summed E-state index contributed by atoms with van der Waals surface area (Å²) in [6.45, 7) is 3.15. The average molecular weight is 507 g/mol. The molecule has 0 heterocycles. The molecule has 4 aromatic rings. The number of esters is 1. The van der Waals surface area contributed by atoms with Crippen LogP contribution < -0.4 is 0 Å². The van der Waals surface area contributed by atoms with Crippen LogP contribution in [0.15, 0.2) is 121 Å². The first kappa shape index (κ1) is 26.8. The molecule has 38 heavy (non-hydrogen) atoms. The Kier molecular flexibility index (Phi) is 9.43. The van der Waals surface area contributed by atoms with E-state index >= 15 is 0 Å². The molecule has 0 radical (unpaired) electrons.